The number of pyridine rings is 1. The summed E-state index contributed by atoms with van der Waals surface area (Å²) < 4.78 is 16.0. The van der Waals surface area contributed by atoms with Gasteiger partial charge in [0.05, 0.1) is 23.0 Å². The van der Waals surface area contributed by atoms with Crippen LogP contribution in [0.1, 0.15) is 27.2 Å². The summed E-state index contributed by atoms with van der Waals surface area (Å²) in [5, 5.41) is 3.85. The SMILES string of the molecule is Cc1[nH]c2c(F)ccc(C)c2c1CCNC(=O)c1cncc(-n2cccc2)c1. The van der Waals surface area contributed by atoms with Crippen molar-refractivity contribution in [2.75, 3.05) is 6.54 Å². The van der Waals surface area contributed by atoms with E-state index in [0.717, 1.165) is 27.9 Å². The van der Waals surface area contributed by atoms with Crippen LogP contribution in [0.4, 0.5) is 4.39 Å². The number of nitrogens with one attached hydrogen (secondary N) is 2. The Kier molecular flexibility index (Phi) is 4.69. The molecule has 5 nitrogen and oxygen atoms in total. The number of hydrogen-bond acceptors (Lipinski definition) is 2. The van der Waals surface area contributed by atoms with Crippen LogP contribution < -0.4 is 5.32 Å². The van der Waals surface area contributed by atoms with Crippen molar-refractivity contribution in [3.05, 3.63) is 83.3 Å². The maximum atomic E-state index is 14.1. The molecule has 1 aromatic carbocycles. The van der Waals surface area contributed by atoms with Crippen molar-refractivity contribution >= 4 is 16.8 Å². The summed E-state index contributed by atoms with van der Waals surface area (Å²) in [4.78, 5) is 19.8. The highest BCUT2D eigenvalue weighted by molar-refractivity contribution is 5.94. The Morgan fingerprint density at radius 3 is 2.79 bits per heavy atom. The number of aromatic nitrogens is 3. The van der Waals surface area contributed by atoms with Crippen LogP contribution in [-0.2, 0) is 6.42 Å². The van der Waals surface area contributed by atoms with Crippen molar-refractivity contribution in [3.63, 3.8) is 0 Å². The lowest BCUT2D eigenvalue weighted by Crippen LogP contribution is -2.26. The number of fused-ring (bicyclic) bond motifs is 1. The predicted molar refractivity (Wildman–Crippen MR) is 107 cm³/mol. The van der Waals surface area contributed by atoms with E-state index in [2.05, 4.69) is 15.3 Å². The third-order valence-corrected chi connectivity index (χ3v) is 4.98. The van der Waals surface area contributed by atoms with Gasteiger partial charge in [0.25, 0.3) is 5.91 Å². The fraction of sp³-hybridized carbons (Fsp3) is 0.182. The molecule has 28 heavy (non-hydrogen) atoms. The largest absolute Gasteiger partial charge is 0.356 e. The quantitative estimate of drug-likeness (QED) is 0.551. The van der Waals surface area contributed by atoms with Gasteiger partial charge in [-0.05, 0) is 55.7 Å². The molecule has 4 rings (SSSR count). The first-order valence-corrected chi connectivity index (χ1v) is 9.17. The summed E-state index contributed by atoms with van der Waals surface area (Å²) in [6, 6.07) is 8.90. The van der Waals surface area contributed by atoms with Crippen molar-refractivity contribution in [1.82, 2.24) is 19.9 Å². The average molecular weight is 376 g/mol. The van der Waals surface area contributed by atoms with Crippen molar-refractivity contribution in [2.45, 2.75) is 20.3 Å². The molecule has 1 amide bonds. The number of aryl methyl sites for hydroxylation is 2. The number of benzene rings is 1. The smallest absolute Gasteiger partial charge is 0.252 e. The molecule has 0 aliphatic rings. The highest BCUT2D eigenvalue weighted by Gasteiger charge is 2.14. The molecule has 3 aromatic heterocycles. The third-order valence-electron chi connectivity index (χ3n) is 4.98. The van der Waals surface area contributed by atoms with Gasteiger partial charge >= 0.3 is 0 Å². The van der Waals surface area contributed by atoms with Crippen LogP contribution in [0.15, 0.2) is 55.1 Å². The number of carbonyl (C=O) groups excluding carboxylic acids is 1. The molecule has 0 aliphatic carbocycles. The normalized spacial score (nSPS) is 11.1. The number of rotatable bonds is 5. The molecule has 0 radical (unpaired) electrons. The van der Waals surface area contributed by atoms with Gasteiger partial charge in [-0.2, -0.15) is 0 Å². The van der Waals surface area contributed by atoms with Gasteiger partial charge in [0, 0.05) is 36.2 Å². The Hall–Kier alpha value is -3.41. The molecule has 142 valence electrons. The van der Waals surface area contributed by atoms with E-state index < -0.39 is 0 Å². The zero-order valence-electron chi connectivity index (χ0n) is 15.8. The van der Waals surface area contributed by atoms with Crippen molar-refractivity contribution in [3.8, 4) is 5.69 Å². The Morgan fingerprint density at radius 1 is 1.21 bits per heavy atom. The van der Waals surface area contributed by atoms with Gasteiger partial charge in [-0.25, -0.2) is 4.39 Å². The molecule has 0 saturated heterocycles. The predicted octanol–water partition coefficient (Wildman–Crippen LogP) is 4.08. The van der Waals surface area contributed by atoms with E-state index in [1.54, 1.807) is 24.5 Å². The van der Waals surface area contributed by atoms with Gasteiger partial charge in [0.15, 0.2) is 0 Å². The number of carbonyl (C=O) groups is 1. The second-order valence-electron chi connectivity index (χ2n) is 6.87. The van der Waals surface area contributed by atoms with E-state index in [4.69, 9.17) is 0 Å². The van der Waals surface area contributed by atoms with E-state index in [0.29, 0.717) is 24.0 Å². The molecule has 0 aliphatic heterocycles. The Balaban J connectivity index is 1.48. The van der Waals surface area contributed by atoms with E-state index in [9.17, 15) is 9.18 Å². The maximum Gasteiger partial charge on any atom is 0.252 e. The van der Waals surface area contributed by atoms with Gasteiger partial charge in [-0.3, -0.25) is 9.78 Å². The average Bonchev–Trinajstić information content (AvgIpc) is 3.34. The van der Waals surface area contributed by atoms with Gasteiger partial charge in [0.2, 0.25) is 0 Å². The van der Waals surface area contributed by atoms with Gasteiger partial charge in [0.1, 0.15) is 5.82 Å². The molecule has 0 saturated carbocycles. The van der Waals surface area contributed by atoms with Crippen LogP contribution in [0.5, 0.6) is 0 Å². The third kappa shape index (κ3) is 3.29. The van der Waals surface area contributed by atoms with E-state index in [1.807, 2.05) is 42.9 Å². The monoisotopic (exact) mass is 376 g/mol. The second-order valence-corrected chi connectivity index (χ2v) is 6.87. The lowest BCUT2D eigenvalue weighted by molar-refractivity contribution is 0.0953. The molecule has 0 atom stereocenters. The van der Waals surface area contributed by atoms with Gasteiger partial charge in [-0.1, -0.05) is 6.07 Å². The second kappa shape index (κ2) is 7.31. The van der Waals surface area contributed by atoms with E-state index >= 15 is 0 Å². The maximum absolute atomic E-state index is 14.1. The molecule has 4 aromatic rings. The lowest BCUT2D eigenvalue weighted by Gasteiger charge is -2.08. The van der Waals surface area contributed by atoms with Crippen LogP contribution >= 0.6 is 0 Å². The molecule has 2 N–H and O–H groups in total. The topological polar surface area (TPSA) is 62.7 Å². The summed E-state index contributed by atoms with van der Waals surface area (Å²) in [6.45, 7) is 4.35. The summed E-state index contributed by atoms with van der Waals surface area (Å²) in [6.07, 6.45) is 7.69. The minimum absolute atomic E-state index is 0.179. The molecule has 0 unspecified atom stereocenters. The number of nitrogens with zero attached hydrogens (tertiary/aromatic N) is 2. The fourth-order valence-corrected chi connectivity index (χ4v) is 3.56. The first kappa shape index (κ1) is 18.0. The first-order chi connectivity index (χ1) is 13.5. The summed E-state index contributed by atoms with van der Waals surface area (Å²) in [5.41, 5.74) is 4.84. The molecule has 0 bridgehead atoms. The molecule has 0 fully saturated rings. The molecule has 3 heterocycles. The zero-order valence-corrected chi connectivity index (χ0v) is 15.8. The Morgan fingerprint density at radius 2 is 2.00 bits per heavy atom. The minimum Gasteiger partial charge on any atom is -0.356 e. The number of halogens is 1. The molecular formula is C22H21FN4O. The van der Waals surface area contributed by atoms with E-state index in [1.165, 1.54) is 6.07 Å². The highest BCUT2D eigenvalue weighted by atomic mass is 19.1. The Bertz CT molecular complexity index is 1150. The van der Waals surface area contributed by atoms with Crippen LogP contribution in [0.25, 0.3) is 16.6 Å². The summed E-state index contributed by atoms with van der Waals surface area (Å²) in [5.74, 6) is -0.436. The van der Waals surface area contributed by atoms with Crippen molar-refractivity contribution in [1.29, 1.82) is 0 Å². The van der Waals surface area contributed by atoms with Crippen LogP contribution in [0.2, 0.25) is 0 Å². The Labute approximate surface area is 162 Å². The highest BCUT2D eigenvalue weighted by Crippen LogP contribution is 2.27. The zero-order chi connectivity index (χ0) is 19.7. The first-order valence-electron chi connectivity index (χ1n) is 9.17. The van der Waals surface area contributed by atoms with Crippen LogP contribution in [-0.4, -0.2) is 27.0 Å². The number of amides is 1. The summed E-state index contributed by atoms with van der Waals surface area (Å²) >= 11 is 0. The fourth-order valence-electron chi connectivity index (χ4n) is 3.56. The van der Waals surface area contributed by atoms with Gasteiger partial charge in [-0.15, -0.1) is 0 Å². The van der Waals surface area contributed by atoms with Gasteiger partial charge < -0.3 is 14.9 Å². The van der Waals surface area contributed by atoms with Crippen molar-refractivity contribution in [2.24, 2.45) is 0 Å². The number of aromatic amines is 1. The number of hydrogen-bond donors (Lipinski definition) is 2. The van der Waals surface area contributed by atoms with Crippen LogP contribution in [0.3, 0.4) is 0 Å². The molecular weight excluding hydrogens is 355 g/mol. The minimum atomic E-state index is -0.258. The van der Waals surface area contributed by atoms with E-state index in [-0.39, 0.29) is 11.7 Å². The standard InChI is InChI=1S/C22H21FN4O/c1-14-5-6-19(23)21-20(14)18(15(2)26-21)7-8-25-22(28)16-11-17(13-24-12-16)27-9-3-4-10-27/h3-6,9-13,26H,7-8H2,1-2H3,(H,25,28). The van der Waals surface area contributed by atoms with Crippen molar-refractivity contribution < 1.29 is 9.18 Å². The molecule has 0 spiro atoms. The molecule has 6 heteroatoms. The summed E-state index contributed by atoms with van der Waals surface area (Å²) in [7, 11) is 0. The lowest BCUT2D eigenvalue weighted by atomic mass is 10.0. The van der Waals surface area contributed by atoms with Crippen LogP contribution in [0, 0.1) is 19.7 Å². The number of H-pyrrole nitrogens is 1.